The molecule has 1 atom stereocenters. The van der Waals surface area contributed by atoms with Gasteiger partial charge in [-0.15, -0.1) is 0 Å². The Hall–Kier alpha value is -2.95. The maximum absolute atomic E-state index is 13.6. The summed E-state index contributed by atoms with van der Waals surface area (Å²) in [5.74, 6) is -0.181. The van der Waals surface area contributed by atoms with Gasteiger partial charge in [0.25, 0.3) is 0 Å². The fraction of sp³-hybridized carbons (Fsp3) is 0.367. The van der Waals surface area contributed by atoms with E-state index in [9.17, 15) is 9.90 Å². The molecule has 3 aliphatic heterocycles. The second-order valence-electron chi connectivity index (χ2n) is 10.0. The lowest BCUT2D eigenvalue weighted by molar-refractivity contribution is -0.946. The van der Waals surface area contributed by atoms with E-state index >= 15 is 0 Å². The Labute approximate surface area is 202 Å². The van der Waals surface area contributed by atoms with Gasteiger partial charge in [0, 0.05) is 25.2 Å². The zero-order valence-electron chi connectivity index (χ0n) is 19.7. The van der Waals surface area contributed by atoms with E-state index in [2.05, 4.69) is 30.3 Å². The number of carbonyl (C=O) groups excluding carboxylic acids is 1. The maximum atomic E-state index is 13.6. The minimum absolute atomic E-state index is 0.148. The smallest absolute Gasteiger partial charge is 0.348 e. The van der Waals surface area contributed by atoms with Crippen LogP contribution in [0.4, 0.5) is 0 Å². The van der Waals surface area contributed by atoms with E-state index in [1.807, 2.05) is 36.4 Å². The first-order valence-corrected chi connectivity index (χ1v) is 12.5. The number of ether oxygens (including phenoxy) is 1. The number of fused-ring (bicyclic) bond motifs is 3. The minimum Gasteiger partial charge on any atom is -0.453 e. The molecule has 3 aromatic rings. The van der Waals surface area contributed by atoms with Gasteiger partial charge in [-0.1, -0.05) is 91.0 Å². The number of esters is 1. The van der Waals surface area contributed by atoms with Gasteiger partial charge in [0.2, 0.25) is 5.60 Å². The molecule has 0 unspecified atom stereocenters. The van der Waals surface area contributed by atoms with Crippen molar-refractivity contribution in [1.29, 1.82) is 0 Å². The van der Waals surface area contributed by atoms with Crippen molar-refractivity contribution >= 4 is 5.97 Å². The van der Waals surface area contributed by atoms with Crippen LogP contribution in [-0.4, -0.2) is 47.8 Å². The predicted octanol–water partition coefficient (Wildman–Crippen LogP) is 4.71. The molecule has 4 nitrogen and oxygen atoms in total. The summed E-state index contributed by atoms with van der Waals surface area (Å²) < 4.78 is 7.21. The van der Waals surface area contributed by atoms with Gasteiger partial charge in [0.05, 0.1) is 19.6 Å². The molecule has 3 heterocycles. The van der Waals surface area contributed by atoms with Crippen molar-refractivity contribution < 1.29 is 19.1 Å². The summed E-state index contributed by atoms with van der Waals surface area (Å²) in [6.45, 7) is 4.28. The summed E-state index contributed by atoms with van der Waals surface area (Å²) >= 11 is 0. The number of quaternary nitrogens is 1. The van der Waals surface area contributed by atoms with E-state index in [-0.39, 0.29) is 6.10 Å². The van der Waals surface area contributed by atoms with Gasteiger partial charge in [-0.05, 0) is 23.1 Å². The van der Waals surface area contributed by atoms with Crippen molar-refractivity contribution in [2.75, 3.05) is 26.2 Å². The van der Waals surface area contributed by atoms with Crippen LogP contribution < -0.4 is 0 Å². The molecule has 0 aliphatic carbocycles. The summed E-state index contributed by atoms with van der Waals surface area (Å²) in [5, 5.41) is 11.8. The van der Waals surface area contributed by atoms with Crippen LogP contribution in [-0.2, 0) is 21.6 Å². The Morgan fingerprint density at radius 3 is 1.94 bits per heavy atom. The van der Waals surface area contributed by atoms with Crippen LogP contribution in [0.25, 0.3) is 0 Å². The van der Waals surface area contributed by atoms with E-state index in [1.54, 1.807) is 24.3 Å². The average molecular weight is 457 g/mol. The summed E-state index contributed by atoms with van der Waals surface area (Å²) in [6, 6.07) is 29.0. The molecule has 6 rings (SSSR count). The molecule has 3 saturated heterocycles. The highest BCUT2D eigenvalue weighted by molar-refractivity contribution is 5.85. The molecule has 2 bridgehead atoms. The van der Waals surface area contributed by atoms with Crippen molar-refractivity contribution in [3.63, 3.8) is 0 Å². The molecule has 0 spiro atoms. The Kier molecular flexibility index (Phi) is 6.53. The standard InChI is InChI=1S/C30H34NO3/c32-29(30(33,26-14-6-2-7-15-26)27-16-8-3-9-17-27)34-28-23-31(21-18-25(28)19-22-31)20-10-13-24-11-4-1-5-12-24/h1-9,11-12,14-17,25,28,33H,10,13,18-23H2/q+1/t25?,28-,31?/m1/s1. The second-order valence-corrected chi connectivity index (χ2v) is 10.0. The van der Waals surface area contributed by atoms with Crippen molar-refractivity contribution in [2.24, 2.45) is 5.92 Å². The first kappa shape index (κ1) is 22.8. The first-order chi connectivity index (χ1) is 16.6. The van der Waals surface area contributed by atoms with Gasteiger partial charge in [-0.2, -0.15) is 0 Å². The summed E-state index contributed by atoms with van der Waals surface area (Å²) in [7, 11) is 0. The zero-order chi connectivity index (χ0) is 23.4. The van der Waals surface area contributed by atoms with Crippen molar-refractivity contribution in [1.82, 2.24) is 0 Å². The normalized spacial score (nSPS) is 24.0. The minimum atomic E-state index is -1.81. The van der Waals surface area contributed by atoms with Crippen molar-refractivity contribution in [3.05, 3.63) is 108 Å². The second kappa shape index (κ2) is 9.73. The third-order valence-corrected chi connectivity index (χ3v) is 7.92. The molecule has 0 saturated carbocycles. The molecule has 4 heteroatoms. The summed E-state index contributed by atoms with van der Waals surface area (Å²) in [5.41, 5.74) is 0.650. The van der Waals surface area contributed by atoms with Gasteiger partial charge in [0.1, 0.15) is 6.54 Å². The zero-order valence-corrected chi connectivity index (χ0v) is 19.7. The number of nitrogens with zero attached hydrogens (tertiary/aromatic N) is 1. The van der Waals surface area contributed by atoms with Gasteiger partial charge < -0.3 is 14.3 Å². The number of benzene rings is 3. The van der Waals surface area contributed by atoms with Crippen LogP contribution >= 0.6 is 0 Å². The third kappa shape index (κ3) is 4.53. The quantitative estimate of drug-likeness (QED) is 0.395. The highest BCUT2D eigenvalue weighted by Crippen LogP contribution is 2.38. The van der Waals surface area contributed by atoms with Crippen LogP contribution in [0.5, 0.6) is 0 Å². The molecule has 0 radical (unpaired) electrons. The SMILES string of the molecule is O=C(O[C@@H]1C[N+]2(CCCc3ccccc3)CCC1CC2)C(O)(c1ccccc1)c1ccccc1. The predicted molar refractivity (Wildman–Crippen MR) is 133 cm³/mol. The topological polar surface area (TPSA) is 46.5 Å². The van der Waals surface area contributed by atoms with E-state index in [0.29, 0.717) is 17.0 Å². The lowest BCUT2D eigenvalue weighted by Crippen LogP contribution is -2.65. The van der Waals surface area contributed by atoms with Gasteiger partial charge in [0.15, 0.2) is 6.10 Å². The van der Waals surface area contributed by atoms with Crippen LogP contribution in [0.15, 0.2) is 91.0 Å². The molecule has 34 heavy (non-hydrogen) atoms. The van der Waals surface area contributed by atoms with Crippen LogP contribution in [0, 0.1) is 5.92 Å². The first-order valence-electron chi connectivity index (χ1n) is 12.5. The summed E-state index contributed by atoms with van der Waals surface area (Å²) in [4.78, 5) is 13.6. The Balaban J connectivity index is 1.31. The Morgan fingerprint density at radius 2 is 1.38 bits per heavy atom. The van der Waals surface area contributed by atoms with Crippen molar-refractivity contribution in [2.45, 2.75) is 37.4 Å². The number of hydrogen-bond donors (Lipinski definition) is 1. The molecule has 3 aliphatic rings. The van der Waals surface area contributed by atoms with Gasteiger partial charge >= 0.3 is 5.97 Å². The fourth-order valence-electron chi connectivity index (χ4n) is 5.92. The third-order valence-electron chi connectivity index (χ3n) is 7.92. The van der Waals surface area contributed by atoms with Crippen LogP contribution in [0.1, 0.15) is 36.0 Å². The van der Waals surface area contributed by atoms with Crippen molar-refractivity contribution in [3.8, 4) is 0 Å². The highest BCUT2D eigenvalue weighted by atomic mass is 16.6. The molecule has 3 aromatic carbocycles. The molecular formula is C30H34NO3+. The number of carbonyl (C=O) groups is 1. The number of hydrogen-bond acceptors (Lipinski definition) is 3. The van der Waals surface area contributed by atoms with E-state index in [4.69, 9.17) is 4.74 Å². The molecule has 1 N–H and O–H groups in total. The van der Waals surface area contributed by atoms with Gasteiger partial charge in [-0.25, -0.2) is 4.79 Å². The number of aliphatic hydroxyl groups is 1. The maximum Gasteiger partial charge on any atom is 0.348 e. The Bertz CT molecular complexity index is 1040. The van der Waals surface area contributed by atoms with E-state index in [1.165, 1.54) is 5.56 Å². The lowest BCUT2D eigenvalue weighted by atomic mass is 9.82. The molecule has 0 aromatic heterocycles. The number of rotatable bonds is 8. The molecule has 3 fully saturated rings. The highest BCUT2D eigenvalue weighted by Gasteiger charge is 2.50. The van der Waals surface area contributed by atoms with Crippen LogP contribution in [0.2, 0.25) is 0 Å². The number of aryl methyl sites for hydroxylation is 1. The monoisotopic (exact) mass is 456 g/mol. The molecule has 176 valence electrons. The van der Waals surface area contributed by atoms with E-state index < -0.39 is 11.6 Å². The number of piperidine rings is 3. The van der Waals surface area contributed by atoms with E-state index in [0.717, 1.165) is 56.3 Å². The lowest BCUT2D eigenvalue weighted by Gasteiger charge is -2.52. The van der Waals surface area contributed by atoms with Gasteiger partial charge in [-0.3, -0.25) is 0 Å². The summed E-state index contributed by atoms with van der Waals surface area (Å²) in [6.07, 6.45) is 4.23. The fourth-order valence-corrected chi connectivity index (χ4v) is 5.92. The molecule has 0 amide bonds. The Morgan fingerprint density at radius 1 is 0.853 bits per heavy atom. The molecular weight excluding hydrogens is 422 g/mol. The largest absolute Gasteiger partial charge is 0.453 e. The van der Waals surface area contributed by atoms with Crippen LogP contribution in [0.3, 0.4) is 0 Å². The average Bonchev–Trinajstić information content (AvgIpc) is 2.90.